The predicted molar refractivity (Wildman–Crippen MR) is 135 cm³/mol. The number of piperidine rings is 1. The number of nitrogens with one attached hydrogen (secondary N) is 3. The minimum absolute atomic E-state index is 0.104. The van der Waals surface area contributed by atoms with Crippen LogP contribution in [-0.2, 0) is 0 Å². The van der Waals surface area contributed by atoms with E-state index >= 15 is 0 Å². The molecule has 0 radical (unpaired) electrons. The molecule has 1 aliphatic carbocycles. The van der Waals surface area contributed by atoms with Crippen molar-refractivity contribution >= 4 is 28.4 Å². The average molecular weight is 523 g/mol. The number of β-amino-alcohol motifs (C(OH)–C–C–N with tert-alkyl or cyclic N) is 1. The van der Waals surface area contributed by atoms with Gasteiger partial charge in [0.05, 0.1) is 23.9 Å². The van der Waals surface area contributed by atoms with E-state index in [1.165, 1.54) is 12.3 Å². The van der Waals surface area contributed by atoms with Crippen LogP contribution in [0.25, 0.3) is 22.3 Å². The summed E-state index contributed by atoms with van der Waals surface area (Å²) in [5, 5.41) is 20.6. The summed E-state index contributed by atoms with van der Waals surface area (Å²) in [6.07, 6.45) is 8.44. The Kier molecular flexibility index (Phi) is 6.50. The first kappa shape index (κ1) is 24.4. The molecule has 0 unspecified atom stereocenters. The van der Waals surface area contributed by atoms with E-state index in [-0.39, 0.29) is 11.9 Å². The fourth-order valence-electron chi connectivity index (χ4n) is 4.87. The van der Waals surface area contributed by atoms with Crippen LogP contribution in [0.15, 0.2) is 36.8 Å². The maximum Gasteiger partial charge on any atom is 0.217 e. The van der Waals surface area contributed by atoms with Crippen LogP contribution in [0, 0.1) is 17.6 Å². The molecule has 1 aliphatic heterocycles. The Morgan fingerprint density at radius 2 is 1.87 bits per heavy atom. The molecule has 38 heavy (non-hydrogen) atoms. The summed E-state index contributed by atoms with van der Waals surface area (Å²) in [6.45, 7) is 1.25. The Labute approximate surface area is 216 Å². The van der Waals surface area contributed by atoms with E-state index in [9.17, 15) is 18.3 Å². The van der Waals surface area contributed by atoms with Crippen molar-refractivity contribution in [2.75, 3.05) is 23.7 Å². The van der Waals surface area contributed by atoms with Crippen LogP contribution < -0.4 is 16.0 Å². The molecule has 4 aromatic rings. The molecule has 0 aromatic carbocycles. The zero-order valence-corrected chi connectivity index (χ0v) is 20.3. The van der Waals surface area contributed by atoms with Gasteiger partial charge in [-0.15, -0.1) is 0 Å². The van der Waals surface area contributed by atoms with Gasteiger partial charge < -0.3 is 21.1 Å². The number of rotatable bonds is 6. The molecule has 12 heteroatoms. The summed E-state index contributed by atoms with van der Waals surface area (Å²) in [6, 6.07) is 3.38. The number of aliphatic hydroxyl groups excluding tert-OH is 1. The topological polar surface area (TPSA) is 121 Å². The highest BCUT2D eigenvalue weighted by Gasteiger charge is 2.28. The molecular formula is C26H25F3N8O. The van der Waals surface area contributed by atoms with Crippen LogP contribution in [0.1, 0.15) is 37.2 Å². The minimum atomic E-state index is -1.36. The lowest BCUT2D eigenvalue weighted by molar-refractivity contribution is 0.128. The van der Waals surface area contributed by atoms with Gasteiger partial charge >= 0.3 is 0 Å². The number of hydrogen-bond acceptors (Lipinski definition) is 9. The fourth-order valence-corrected chi connectivity index (χ4v) is 4.87. The van der Waals surface area contributed by atoms with Crippen LogP contribution in [0.2, 0.25) is 0 Å². The van der Waals surface area contributed by atoms with E-state index in [1.54, 1.807) is 12.3 Å². The van der Waals surface area contributed by atoms with Crippen LogP contribution in [-0.4, -0.2) is 55.3 Å². The third kappa shape index (κ3) is 4.72. The normalized spacial score (nSPS) is 19.8. The first-order valence-electron chi connectivity index (χ1n) is 12.5. The number of aliphatic hydroxyl groups is 1. The molecule has 1 saturated heterocycles. The molecule has 0 bridgehead atoms. The van der Waals surface area contributed by atoms with E-state index < -0.39 is 29.5 Å². The quantitative estimate of drug-likeness (QED) is 0.278. The van der Waals surface area contributed by atoms with Crippen molar-refractivity contribution in [3.05, 3.63) is 59.9 Å². The van der Waals surface area contributed by atoms with Gasteiger partial charge in [-0.05, 0) is 49.4 Å². The molecule has 2 atom stereocenters. The lowest BCUT2D eigenvalue weighted by atomic mass is 9.79. The number of nitrogens with zero attached hydrogens (tertiary/aromatic N) is 5. The molecule has 9 nitrogen and oxygen atoms in total. The van der Waals surface area contributed by atoms with Gasteiger partial charge in [-0.1, -0.05) is 6.42 Å². The van der Waals surface area contributed by atoms with Gasteiger partial charge in [0.2, 0.25) is 11.8 Å². The molecule has 4 N–H and O–H groups in total. The van der Waals surface area contributed by atoms with E-state index in [0.29, 0.717) is 41.3 Å². The van der Waals surface area contributed by atoms with Gasteiger partial charge in [-0.25, -0.2) is 19.3 Å². The highest BCUT2D eigenvalue weighted by molar-refractivity contribution is 5.93. The van der Waals surface area contributed by atoms with Crippen molar-refractivity contribution < 1.29 is 18.3 Å². The van der Waals surface area contributed by atoms with E-state index in [2.05, 4.69) is 30.9 Å². The highest BCUT2D eigenvalue weighted by atomic mass is 19.2. The van der Waals surface area contributed by atoms with Gasteiger partial charge in [-0.3, -0.25) is 4.98 Å². The molecule has 4 aromatic heterocycles. The van der Waals surface area contributed by atoms with E-state index in [0.717, 1.165) is 43.2 Å². The largest absolute Gasteiger partial charge is 0.390 e. The second-order valence-corrected chi connectivity index (χ2v) is 9.60. The van der Waals surface area contributed by atoms with Crippen LogP contribution in [0.5, 0.6) is 0 Å². The van der Waals surface area contributed by atoms with Crippen molar-refractivity contribution in [3.63, 3.8) is 0 Å². The third-order valence-corrected chi connectivity index (χ3v) is 7.10. The molecule has 5 heterocycles. The maximum absolute atomic E-state index is 14.2. The van der Waals surface area contributed by atoms with Crippen molar-refractivity contribution in [2.24, 2.45) is 0 Å². The number of halogens is 3. The molecule has 0 amide bonds. The Morgan fingerprint density at radius 1 is 1.00 bits per heavy atom. The number of anilines is 3. The standard InChI is InChI=1S/C26H25F3N8O/c27-16-9-20(28)35-26(23(16)29)36-21-8-14(4-7-32-21)24-34-18-11-31-10-15(13-2-1-3-13)22(18)25(37-24)33-17-5-6-30-12-19(17)38/h4,7-11,13,17,19,30,38H,1-3,5-6,12H2,(H,32,35,36)(H,33,34,37)/t17-,19+/m1/s1. The Hall–Kier alpha value is -3.90. The second-order valence-electron chi connectivity index (χ2n) is 9.60. The van der Waals surface area contributed by atoms with Gasteiger partial charge in [0, 0.05) is 36.0 Å². The van der Waals surface area contributed by atoms with Crippen molar-refractivity contribution in [3.8, 4) is 11.4 Å². The zero-order valence-electron chi connectivity index (χ0n) is 20.3. The minimum Gasteiger partial charge on any atom is -0.390 e. The van der Waals surface area contributed by atoms with E-state index in [4.69, 9.17) is 9.97 Å². The second kappa shape index (κ2) is 10.1. The molecule has 6 rings (SSSR count). The summed E-state index contributed by atoms with van der Waals surface area (Å²) >= 11 is 0. The first-order chi connectivity index (χ1) is 18.5. The van der Waals surface area contributed by atoms with Gasteiger partial charge in [0.15, 0.2) is 17.5 Å². The highest BCUT2D eigenvalue weighted by Crippen LogP contribution is 2.41. The lowest BCUT2D eigenvalue weighted by Crippen LogP contribution is -2.47. The zero-order chi connectivity index (χ0) is 26.2. The van der Waals surface area contributed by atoms with E-state index in [1.807, 2.05) is 6.20 Å². The monoisotopic (exact) mass is 522 g/mol. The molecule has 196 valence electrons. The maximum atomic E-state index is 14.2. The summed E-state index contributed by atoms with van der Waals surface area (Å²) in [7, 11) is 0. The number of hydrogen-bond donors (Lipinski definition) is 4. The summed E-state index contributed by atoms with van der Waals surface area (Å²) in [5.74, 6) is -3.03. The van der Waals surface area contributed by atoms with Gasteiger partial charge in [-0.2, -0.15) is 13.8 Å². The molecular weight excluding hydrogens is 497 g/mol. The van der Waals surface area contributed by atoms with Gasteiger partial charge in [0.25, 0.3) is 0 Å². The Balaban J connectivity index is 1.41. The van der Waals surface area contributed by atoms with Crippen LogP contribution in [0.3, 0.4) is 0 Å². The average Bonchev–Trinajstić information content (AvgIpc) is 2.87. The third-order valence-electron chi connectivity index (χ3n) is 7.10. The number of fused-ring (bicyclic) bond motifs is 1. The molecule has 1 saturated carbocycles. The Morgan fingerprint density at radius 3 is 2.66 bits per heavy atom. The predicted octanol–water partition coefficient (Wildman–Crippen LogP) is 4.04. The van der Waals surface area contributed by atoms with Crippen molar-refractivity contribution in [1.29, 1.82) is 0 Å². The fraction of sp³-hybridized carbons (Fsp3) is 0.346. The van der Waals surface area contributed by atoms with Gasteiger partial charge in [0.1, 0.15) is 11.6 Å². The molecule has 0 spiro atoms. The Bertz CT molecular complexity index is 1500. The number of pyridine rings is 3. The smallest absolute Gasteiger partial charge is 0.217 e. The summed E-state index contributed by atoms with van der Waals surface area (Å²) < 4.78 is 41.4. The summed E-state index contributed by atoms with van der Waals surface area (Å²) in [5.41, 5.74) is 2.26. The molecule has 2 aliphatic rings. The van der Waals surface area contributed by atoms with Crippen LogP contribution in [0.4, 0.5) is 30.6 Å². The van der Waals surface area contributed by atoms with Crippen molar-refractivity contribution in [2.45, 2.75) is 43.7 Å². The lowest BCUT2D eigenvalue weighted by Gasteiger charge is -2.31. The van der Waals surface area contributed by atoms with Crippen LogP contribution >= 0.6 is 0 Å². The first-order valence-corrected chi connectivity index (χ1v) is 12.5. The molecule has 2 fully saturated rings. The van der Waals surface area contributed by atoms with Crippen molar-refractivity contribution in [1.82, 2.24) is 30.2 Å². The summed E-state index contributed by atoms with van der Waals surface area (Å²) in [4.78, 5) is 21.5. The SMILES string of the molecule is O[C@H]1CNCC[C@H]1Nc1nc(-c2ccnc(Nc3nc(F)cc(F)c3F)c2)nc2cncc(C3CCC3)c12. The number of aromatic nitrogens is 5.